The number of phosphoric ester groups is 1. The standard InChI is InChI=1S/C48H91N2O11P/c1-3-5-7-9-11-13-15-17-19-21-23-25-27-29-31-36-46(52)57-41-44(42-60-62(55,56)59-40-43(51)39-58-48(54)45(50)35-33-34-38-49)61-47(53)37-32-30-28-26-24-22-20-18-16-14-12-10-8-6-4-2/h13-16,43-45,51H,3-12,17-42,49-50H2,1-2H3,(H,55,56)/b15-13-,16-14-. The predicted octanol–water partition coefficient (Wildman–Crippen LogP) is 9.66. The molecule has 0 fully saturated rings. The van der Waals surface area contributed by atoms with Gasteiger partial charge >= 0.3 is 17.9 Å². The van der Waals surface area contributed by atoms with E-state index in [0.717, 1.165) is 70.8 Å². The number of hydrogen-bond acceptors (Lipinski definition) is 12. The van der Waals surface area contributed by atoms with Crippen LogP contribution in [-0.2, 0) is 42.2 Å². The zero-order valence-corrected chi connectivity index (χ0v) is 40.2. The van der Waals surface area contributed by atoms with Crippen molar-refractivity contribution in [2.75, 3.05) is 33.0 Å². The Morgan fingerprint density at radius 1 is 0.581 bits per heavy atom. The summed E-state index contributed by atoms with van der Waals surface area (Å²) in [6.45, 7) is 2.90. The molecule has 0 amide bonds. The second-order valence-corrected chi connectivity index (χ2v) is 18.2. The Balaban J connectivity index is 4.66. The molecule has 4 atom stereocenters. The number of quaternary nitrogens is 1. The molecule has 0 aliphatic carbocycles. The zero-order chi connectivity index (χ0) is 45.8. The van der Waals surface area contributed by atoms with Gasteiger partial charge in [0.1, 0.15) is 25.4 Å². The number of carbonyl (C=O) groups is 3. The summed E-state index contributed by atoms with van der Waals surface area (Å²) in [7, 11) is -5.00. The highest BCUT2D eigenvalue weighted by molar-refractivity contribution is 7.45. The molecule has 6 N–H and O–H groups in total. The van der Waals surface area contributed by atoms with Crippen LogP contribution in [-0.4, -0.2) is 74.2 Å². The van der Waals surface area contributed by atoms with Crippen LogP contribution in [0.15, 0.2) is 24.3 Å². The second kappa shape index (κ2) is 44.1. The molecule has 4 unspecified atom stereocenters. The topological polar surface area (TPSA) is 211 Å². The van der Waals surface area contributed by atoms with E-state index in [0.29, 0.717) is 25.7 Å². The predicted molar refractivity (Wildman–Crippen MR) is 246 cm³/mol. The molecule has 0 aliphatic rings. The summed E-state index contributed by atoms with van der Waals surface area (Å²) in [6, 6.07) is -0.864. The summed E-state index contributed by atoms with van der Waals surface area (Å²) < 4.78 is 38.2. The van der Waals surface area contributed by atoms with E-state index in [4.69, 9.17) is 29.0 Å². The van der Waals surface area contributed by atoms with Crippen LogP contribution in [0.2, 0.25) is 0 Å². The molecule has 0 aromatic heterocycles. The van der Waals surface area contributed by atoms with Gasteiger partial charge in [-0.2, -0.15) is 0 Å². The number of phosphoric acid groups is 1. The Kier molecular flexibility index (Phi) is 42.6. The van der Waals surface area contributed by atoms with Gasteiger partial charge in [0, 0.05) is 12.8 Å². The highest BCUT2D eigenvalue weighted by Gasteiger charge is 2.23. The SMILES string of the molecule is CCCCCC/C=C\CCCCCCCCCC(=O)OCC(COP(=O)([O-])OCC(O)COC(=O)C(N)CCCC[NH3+])OC(=O)CCCCCCCCC/C=C\CCCCCC. The Morgan fingerprint density at radius 2 is 1.02 bits per heavy atom. The van der Waals surface area contributed by atoms with Crippen molar-refractivity contribution in [1.82, 2.24) is 0 Å². The summed E-state index contributed by atoms with van der Waals surface area (Å²) in [6.07, 6.45) is 38.2. The van der Waals surface area contributed by atoms with E-state index < -0.39 is 63.8 Å². The molecule has 364 valence electrons. The number of unbranched alkanes of at least 4 members (excludes halogenated alkanes) is 23. The molecule has 0 aromatic rings. The zero-order valence-electron chi connectivity index (χ0n) is 39.3. The van der Waals surface area contributed by atoms with Crippen LogP contribution in [0.1, 0.15) is 213 Å². The largest absolute Gasteiger partial charge is 0.756 e. The molecule has 0 aliphatic heterocycles. The molecule has 0 spiro atoms. The number of ether oxygens (including phenoxy) is 3. The maximum Gasteiger partial charge on any atom is 0.322 e. The van der Waals surface area contributed by atoms with Crippen molar-refractivity contribution < 1.29 is 57.9 Å². The number of esters is 3. The van der Waals surface area contributed by atoms with Crippen LogP contribution in [0.25, 0.3) is 0 Å². The highest BCUT2D eigenvalue weighted by Crippen LogP contribution is 2.38. The fraction of sp³-hybridized carbons (Fsp3) is 0.854. The first kappa shape index (κ1) is 59.9. The number of carbonyl (C=O) groups excluding carboxylic acids is 3. The summed E-state index contributed by atoms with van der Waals surface area (Å²) in [5, 5.41) is 10.1. The number of rotatable bonds is 46. The van der Waals surface area contributed by atoms with Gasteiger partial charge in [-0.15, -0.1) is 0 Å². The average molecular weight is 903 g/mol. The van der Waals surface area contributed by atoms with Crippen LogP contribution >= 0.6 is 7.82 Å². The van der Waals surface area contributed by atoms with Gasteiger partial charge in [0.05, 0.1) is 19.8 Å². The summed E-state index contributed by atoms with van der Waals surface area (Å²) >= 11 is 0. The smallest absolute Gasteiger partial charge is 0.322 e. The van der Waals surface area contributed by atoms with Crippen molar-refractivity contribution >= 4 is 25.7 Å². The summed E-state index contributed by atoms with van der Waals surface area (Å²) in [4.78, 5) is 49.9. The van der Waals surface area contributed by atoms with Crippen LogP contribution in [0.4, 0.5) is 0 Å². The molecule has 0 aromatic carbocycles. The first-order valence-corrected chi connectivity index (χ1v) is 26.1. The lowest BCUT2D eigenvalue weighted by molar-refractivity contribution is -0.368. The van der Waals surface area contributed by atoms with E-state index in [2.05, 4.69) is 43.9 Å². The van der Waals surface area contributed by atoms with Gasteiger partial charge in [-0.25, -0.2) is 0 Å². The fourth-order valence-electron chi connectivity index (χ4n) is 6.68. The molecule has 0 saturated carbocycles. The average Bonchev–Trinajstić information content (AvgIpc) is 3.25. The molecule has 62 heavy (non-hydrogen) atoms. The third kappa shape index (κ3) is 41.9. The first-order valence-electron chi connectivity index (χ1n) is 24.7. The minimum absolute atomic E-state index is 0.138. The minimum Gasteiger partial charge on any atom is -0.756 e. The van der Waals surface area contributed by atoms with Crippen molar-refractivity contribution in [3.63, 3.8) is 0 Å². The third-order valence-corrected chi connectivity index (χ3v) is 11.5. The van der Waals surface area contributed by atoms with E-state index in [1.54, 1.807) is 0 Å². The lowest BCUT2D eigenvalue weighted by Crippen LogP contribution is -2.50. The number of nitrogens with two attached hydrogens (primary N) is 1. The van der Waals surface area contributed by atoms with E-state index >= 15 is 0 Å². The van der Waals surface area contributed by atoms with E-state index in [9.17, 15) is 28.9 Å². The molecular weight excluding hydrogens is 812 g/mol. The maximum absolute atomic E-state index is 12.8. The van der Waals surface area contributed by atoms with Crippen molar-refractivity contribution in [1.29, 1.82) is 0 Å². The molecule has 0 rings (SSSR count). The fourth-order valence-corrected chi connectivity index (χ4v) is 7.46. The summed E-state index contributed by atoms with van der Waals surface area (Å²) in [5.41, 5.74) is 9.54. The number of allylic oxidation sites excluding steroid dienone is 4. The quantitative estimate of drug-likeness (QED) is 0.0171. The van der Waals surface area contributed by atoms with Gasteiger partial charge in [0.15, 0.2) is 6.10 Å². The van der Waals surface area contributed by atoms with Gasteiger partial charge in [0.25, 0.3) is 7.82 Å². The van der Waals surface area contributed by atoms with E-state index in [-0.39, 0.29) is 19.4 Å². The van der Waals surface area contributed by atoms with Gasteiger partial charge in [-0.3, -0.25) is 18.9 Å². The van der Waals surface area contributed by atoms with Crippen molar-refractivity contribution in [2.45, 2.75) is 231 Å². The molecule has 0 saturated heterocycles. The molecule has 0 bridgehead atoms. The van der Waals surface area contributed by atoms with E-state index in [1.165, 1.54) is 96.3 Å². The minimum atomic E-state index is -5.00. The normalized spacial score (nSPS) is 14.2. The van der Waals surface area contributed by atoms with Crippen LogP contribution in [0.3, 0.4) is 0 Å². The maximum atomic E-state index is 12.8. The lowest BCUT2D eigenvalue weighted by atomic mass is 10.1. The molecule has 0 heterocycles. The third-order valence-electron chi connectivity index (χ3n) is 10.6. The van der Waals surface area contributed by atoms with Crippen LogP contribution < -0.4 is 16.4 Å². The molecule has 0 radical (unpaired) electrons. The van der Waals surface area contributed by atoms with Crippen LogP contribution in [0, 0.1) is 0 Å². The number of hydrogen-bond donors (Lipinski definition) is 3. The highest BCUT2D eigenvalue weighted by atomic mass is 31.2. The van der Waals surface area contributed by atoms with E-state index in [1.807, 2.05) is 0 Å². The van der Waals surface area contributed by atoms with Crippen molar-refractivity contribution in [3.05, 3.63) is 24.3 Å². The Labute approximate surface area is 376 Å². The lowest BCUT2D eigenvalue weighted by Gasteiger charge is -2.26. The molecule has 14 heteroatoms. The Hall–Kier alpha value is -2.12. The first-order chi connectivity index (χ1) is 30.0. The van der Waals surface area contributed by atoms with Gasteiger partial charge in [-0.05, 0) is 83.5 Å². The van der Waals surface area contributed by atoms with Gasteiger partial charge in [-0.1, -0.05) is 141 Å². The Bertz CT molecular complexity index is 1170. The van der Waals surface area contributed by atoms with Crippen molar-refractivity contribution in [2.24, 2.45) is 5.73 Å². The monoisotopic (exact) mass is 903 g/mol. The van der Waals surface area contributed by atoms with Crippen molar-refractivity contribution in [3.8, 4) is 0 Å². The van der Waals surface area contributed by atoms with Gasteiger partial charge in [0.2, 0.25) is 0 Å². The molecular formula is C48H91N2O11P. The summed E-state index contributed by atoms with van der Waals surface area (Å²) in [5.74, 6) is -1.72. The number of aliphatic hydroxyl groups is 1. The Morgan fingerprint density at radius 3 is 1.50 bits per heavy atom. The van der Waals surface area contributed by atoms with Gasteiger partial charge < -0.3 is 44.7 Å². The second-order valence-electron chi connectivity index (χ2n) is 16.7. The molecule has 13 nitrogen and oxygen atoms in total. The van der Waals surface area contributed by atoms with Crippen LogP contribution in [0.5, 0.6) is 0 Å². The number of aliphatic hydroxyl groups excluding tert-OH is 1.